The third kappa shape index (κ3) is 4.78. The molecule has 0 unspecified atom stereocenters. The van der Waals surface area contributed by atoms with Gasteiger partial charge >= 0.3 is 0 Å². The van der Waals surface area contributed by atoms with Crippen molar-refractivity contribution in [2.75, 3.05) is 5.43 Å². The highest BCUT2D eigenvalue weighted by molar-refractivity contribution is 7.17. The summed E-state index contributed by atoms with van der Waals surface area (Å²) in [6.07, 6.45) is 1.59. The standard InChI is InChI=1S/C14H17N7OS/c1-8-12(9(2)19-20-13(15)16)23-14(18-8)21-17-7-10-4-3-5-11(22)6-10/h3-7,22H,1-2H3,(H,18,21)(H4,15,16,20)/b17-7+,19-9+. The van der Waals surface area contributed by atoms with Gasteiger partial charge in [0.2, 0.25) is 11.1 Å². The molecular weight excluding hydrogens is 314 g/mol. The number of hydrazone groups is 1. The molecule has 0 spiro atoms. The van der Waals surface area contributed by atoms with Crippen LogP contribution in [-0.2, 0) is 0 Å². The van der Waals surface area contributed by atoms with E-state index in [1.807, 2.05) is 13.0 Å². The molecule has 0 saturated carbocycles. The Morgan fingerprint density at radius 1 is 1.35 bits per heavy atom. The molecule has 0 aliphatic heterocycles. The van der Waals surface area contributed by atoms with E-state index in [4.69, 9.17) is 11.5 Å². The Morgan fingerprint density at radius 3 is 2.83 bits per heavy atom. The molecule has 8 nitrogen and oxygen atoms in total. The Hall–Kier alpha value is -2.94. The first-order valence-corrected chi connectivity index (χ1v) is 7.46. The molecule has 120 valence electrons. The first-order valence-electron chi connectivity index (χ1n) is 6.65. The first-order chi connectivity index (χ1) is 11.0. The molecule has 6 N–H and O–H groups in total. The number of nitrogens with one attached hydrogen (secondary N) is 1. The van der Waals surface area contributed by atoms with Crippen LogP contribution in [0.3, 0.4) is 0 Å². The van der Waals surface area contributed by atoms with Crippen LogP contribution in [0.1, 0.15) is 23.1 Å². The topological polar surface area (TPSA) is 134 Å². The zero-order valence-electron chi connectivity index (χ0n) is 12.7. The maximum absolute atomic E-state index is 9.39. The van der Waals surface area contributed by atoms with Gasteiger partial charge in [0.1, 0.15) is 5.75 Å². The molecule has 0 amide bonds. The second kappa shape index (κ2) is 7.36. The Morgan fingerprint density at radius 2 is 2.13 bits per heavy atom. The van der Waals surface area contributed by atoms with Gasteiger partial charge in [-0.15, -0.1) is 5.10 Å². The van der Waals surface area contributed by atoms with Gasteiger partial charge in [0, 0.05) is 0 Å². The van der Waals surface area contributed by atoms with Crippen LogP contribution in [0.15, 0.2) is 39.6 Å². The van der Waals surface area contributed by atoms with Crippen molar-refractivity contribution in [1.29, 1.82) is 0 Å². The summed E-state index contributed by atoms with van der Waals surface area (Å²) in [5.41, 5.74) is 15.6. The van der Waals surface area contributed by atoms with E-state index in [-0.39, 0.29) is 11.7 Å². The first kappa shape index (κ1) is 16.4. The van der Waals surface area contributed by atoms with Crippen molar-refractivity contribution in [2.45, 2.75) is 13.8 Å². The van der Waals surface area contributed by atoms with Gasteiger partial charge in [0.15, 0.2) is 0 Å². The number of aromatic hydroxyl groups is 1. The van der Waals surface area contributed by atoms with E-state index in [0.717, 1.165) is 16.1 Å². The molecule has 0 saturated heterocycles. The van der Waals surface area contributed by atoms with Crippen molar-refractivity contribution in [1.82, 2.24) is 4.98 Å². The molecule has 1 aromatic heterocycles. The minimum Gasteiger partial charge on any atom is -0.508 e. The molecule has 1 aromatic carbocycles. The molecule has 0 radical (unpaired) electrons. The lowest BCUT2D eigenvalue weighted by atomic mass is 10.2. The van der Waals surface area contributed by atoms with Crippen molar-refractivity contribution in [2.24, 2.45) is 26.8 Å². The van der Waals surface area contributed by atoms with Gasteiger partial charge in [-0.2, -0.15) is 10.2 Å². The number of aryl methyl sites for hydroxylation is 1. The second-order valence-corrected chi connectivity index (χ2v) is 5.61. The zero-order chi connectivity index (χ0) is 16.8. The molecule has 9 heteroatoms. The van der Waals surface area contributed by atoms with Crippen molar-refractivity contribution in [3.05, 3.63) is 40.4 Å². The van der Waals surface area contributed by atoms with Gasteiger partial charge in [-0.05, 0) is 31.5 Å². The predicted molar refractivity (Wildman–Crippen MR) is 94.2 cm³/mol. The second-order valence-electron chi connectivity index (χ2n) is 4.61. The van der Waals surface area contributed by atoms with Gasteiger partial charge in [0.05, 0.1) is 22.5 Å². The van der Waals surface area contributed by atoms with Crippen LogP contribution in [0.5, 0.6) is 5.75 Å². The number of nitrogens with two attached hydrogens (primary N) is 2. The van der Waals surface area contributed by atoms with Crippen molar-refractivity contribution >= 4 is 34.4 Å². The van der Waals surface area contributed by atoms with Crippen molar-refractivity contribution < 1.29 is 5.11 Å². The lowest BCUT2D eigenvalue weighted by molar-refractivity contribution is 0.475. The van der Waals surface area contributed by atoms with Crippen LogP contribution in [-0.4, -0.2) is 28.0 Å². The van der Waals surface area contributed by atoms with Gasteiger partial charge in [-0.1, -0.05) is 23.5 Å². The molecule has 0 bridgehead atoms. The Balaban J connectivity index is 2.09. The molecule has 2 aromatic rings. The highest BCUT2D eigenvalue weighted by Gasteiger charge is 2.10. The van der Waals surface area contributed by atoms with E-state index in [9.17, 15) is 5.11 Å². The highest BCUT2D eigenvalue weighted by atomic mass is 32.1. The highest BCUT2D eigenvalue weighted by Crippen LogP contribution is 2.23. The summed E-state index contributed by atoms with van der Waals surface area (Å²) in [4.78, 5) is 5.23. The van der Waals surface area contributed by atoms with Gasteiger partial charge in [-0.3, -0.25) is 5.43 Å². The average molecular weight is 331 g/mol. The molecule has 23 heavy (non-hydrogen) atoms. The van der Waals surface area contributed by atoms with E-state index in [1.165, 1.54) is 11.3 Å². The summed E-state index contributed by atoms with van der Waals surface area (Å²) in [6, 6.07) is 6.77. The number of benzene rings is 1. The molecule has 0 atom stereocenters. The average Bonchev–Trinajstić information content (AvgIpc) is 2.86. The molecule has 0 aliphatic carbocycles. The Kier molecular flexibility index (Phi) is 5.26. The maximum atomic E-state index is 9.39. The number of nitrogens with zero attached hydrogens (tertiary/aromatic N) is 4. The quantitative estimate of drug-likeness (QED) is 0.375. The molecular formula is C14H17N7OS. The number of rotatable bonds is 5. The summed E-state index contributed by atoms with van der Waals surface area (Å²) in [6.45, 7) is 3.66. The van der Waals surface area contributed by atoms with E-state index >= 15 is 0 Å². The van der Waals surface area contributed by atoms with Crippen molar-refractivity contribution in [3.8, 4) is 5.75 Å². The predicted octanol–water partition coefficient (Wildman–Crippen LogP) is 1.60. The van der Waals surface area contributed by atoms with Crippen LogP contribution >= 0.6 is 11.3 Å². The smallest absolute Gasteiger partial charge is 0.211 e. The van der Waals surface area contributed by atoms with E-state index in [0.29, 0.717) is 10.8 Å². The van der Waals surface area contributed by atoms with E-state index in [2.05, 4.69) is 25.7 Å². The summed E-state index contributed by atoms with van der Waals surface area (Å²) in [5.74, 6) is 0.0912. The summed E-state index contributed by atoms with van der Waals surface area (Å²) < 4.78 is 0. The van der Waals surface area contributed by atoms with Gasteiger partial charge < -0.3 is 16.6 Å². The third-order valence-electron chi connectivity index (χ3n) is 2.68. The largest absolute Gasteiger partial charge is 0.508 e. The summed E-state index contributed by atoms with van der Waals surface area (Å²) in [7, 11) is 0. The van der Waals surface area contributed by atoms with Crippen LogP contribution in [0.4, 0.5) is 5.13 Å². The third-order valence-corrected chi connectivity index (χ3v) is 3.86. The number of phenolic OH excluding ortho intramolecular Hbond substituents is 1. The molecule has 0 aliphatic rings. The van der Waals surface area contributed by atoms with Crippen LogP contribution in [0, 0.1) is 6.92 Å². The molecule has 1 heterocycles. The van der Waals surface area contributed by atoms with Gasteiger partial charge in [0.25, 0.3) is 0 Å². The maximum Gasteiger partial charge on any atom is 0.211 e. The van der Waals surface area contributed by atoms with Crippen LogP contribution < -0.4 is 16.9 Å². The minimum atomic E-state index is -0.0967. The summed E-state index contributed by atoms with van der Waals surface area (Å²) in [5, 5.41) is 21.7. The lowest BCUT2D eigenvalue weighted by Crippen LogP contribution is -2.22. The van der Waals surface area contributed by atoms with Crippen molar-refractivity contribution in [3.63, 3.8) is 0 Å². The Labute approximate surface area is 137 Å². The minimum absolute atomic E-state index is 0.0967. The van der Waals surface area contributed by atoms with Crippen LogP contribution in [0.25, 0.3) is 0 Å². The fourth-order valence-electron chi connectivity index (χ4n) is 1.73. The van der Waals surface area contributed by atoms with E-state index in [1.54, 1.807) is 31.3 Å². The lowest BCUT2D eigenvalue weighted by Gasteiger charge is -1.95. The fraction of sp³-hybridized carbons (Fsp3) is 0.143. The number of aromatic nitrogens is 1. The normalized spacial score (nSPS) is 11.7. The van der Waals surface area contributed by atoms with E-state index < -0.39 is 0 Å². The summed E-state index contributed by atoms with van der Waals surface area (Å²) >= 11 is 1.39. The number of phenols is 1. The monoisotopic (exact) mass is 331 g/mol. The zero-order valence-corrected chi connectivity index (χ0v) is 13.5. The number of guanidine groups is 1. The number of hydrogen-bond donors (Lipinski definition) is 4. The SMILES string of the molecule is C/C(=N\N=C(N)N)c1sc(N/N=C/c2cccc(O)c2)nc1C. The molecule has 0 fully saturated rings. The fourth-order valence-corrected chi connectivity index (χ4v) is 2.58. The number of hydrogen-bond acceptors (Lipinski definition) is 7. The number of anilines is 1. The Bertz CT molecular complexity index is 775. The van der Waals surface area contributed by atoms with Crippen LogP contribution in [0.2, 0.25) is 0 Å². The number of thiazole rings is 1. The molecule has 2 rings (SSSR count). The van der Waals surface area contributed by atoms with Gasteiger partial charge in [-0.25, -0.2) is 4.98 Å².